The highest BCUT2D eigenvalue weighted by Crippen LogP contribution is 2.39. The van der Waals surface area contributed by atoms with Crippen LogP contribution < -0.4 is 59.1 Å². The lowest BCUT2D eigenvalue weighted by molar-refractivity contribution is 0.0966. The Morgan fingerprint density at radius 1 is 0.392 bits per heavy atom. The van der Waals surface area contributed by atoms with E-state index in [1.165, 1.54) is 49.9 Å². The molecule has 148 heavy (non-hydrogen) atoms. The van der Waals surface area contributed by atoms with Crippen molar-refractivity contribution in [3.05, 3.63) is 254 Å². The normalized spacial score (nSPS) is 17.0. The number of aromatic hydroxyl groups is 4. The molecule has 7 aliphatic heterocycles. The fourth-order valence-electron chi connectivity index (χ4n) is 18.3. The quantitative estimate of drug-likeness (QED) is 0.0393. The second kappa shape index (κ2) is 45.3. The molecule has 788 valence electrons. The molecule has 4 aromatic carbocycles. The van der Waals surface area contributed by atoms with Gasteiger partial charge in [-0.3, -0.25) is 73.2 Å². The standard InChI is InChI=1S/C26H32N6O5S.C25H27ClN4O6S.C25H31N5O5S.C25H28N4O6S.CH4/c1-18-4-6-19(7-5-18)8-9-22(33)23-24(34)26(35)31-17-20(30-13-10-28(2)11-14-30)16-21(25(31)27-23)32-15-12-29(3)38(32,36)37;1-16-13-17(3-5-19(16)26)4-6-21(31)22-23(32)25(33)29-15-18(28-8-10-36-11-9-28)14-20(24(29)27-22)30-7-2-12-37(30,34)35;1-17-5-7-18(8-6-17)9-10-21(31)22-23(32)25(33)30-16-19(29-13-11-27(2)12-14-29)15-20(24(30)26-22)28(3)36(4,34)35;1-17-3-5-18(6-4-17)7-8-21(30)22-23(31)25(32)28-16-19(27-10-12-35-13-11-27)15-20(24(28)26-22)29-9-2-14-36(29,33)34;/h4-7,16-17,34H,8-15H2,1-3H3;3,5,13-15,32H,2,4,6-12H2,1H3;5-8,15-16,32H,9-14H2,1-4H3;3-6,15-16,31H,2,7-14H2,1H3;1H4. The van der Waals surface area contributed by atoms with Gasteiger partial charge in [-0.05, 0) is 138 Å². The fourth-order valence-corrected chi connectivity index (χ4v) is 23.4. The van der Waals surface area contributed by atoms with E-state index in [0.717, 1.165) is 98.9 Å². The van der Waals surface area contributed by atoms with Crippen molar-refractivity contribution in [3.63, 3.8) is 0 Å². The van der Waals surface area contributed by atoms with Crippen LogP contribution in [-0.4, -0.2) is 306 Å². The van der Waals surface area contributed by atoms with Crippen LogP contribution in [0.25, 0.3) is 22.6 Å². The average Bonchev–Trinajstić information content (AvgIpc) is 1.25. The second-order valence-corrected chi connectivity index (χ2v) is 46.1. The molecule has 0 bridgehead atoms. The third-order valence-corrected chi connectivity index (χ3v) is 34.5. The van der Waals surface area contributed by atoms with Gasteiger partial charge in [-0.2, -0.15) is 12.7 Å². The lowest BCUT2D eigenvalue weighted by atomic mass is 10.0. The summed E-state index contributed by atoms with van der Waals surface area (Å²) in [4.78, 5) is 135. The molecule has 0 saturated carbocycles. The van der Waals surface area contributed by atoms with Crippen molar-refractivity contribution in [1.29, 1.82) is 0 Å². The number of carbonyl (C=O) groups excluding carboxylic acids is 4. The molecule has 0 aliphatic carbocycles. The molecule has 0 radical (unpaired) electrons. The van der Waals surface area contributed by atoms with E-state index in [9.17, 15) is 92.5 Å². The van der Waals surface area contributed by atoms with Crippen molar-refractivity contribution in [2.75, 3.05) is 214 Å². The number of nitrogens with zero attached hydrogens (tertiary/aromatic N) is 19. The molecule has 12 aromatic rings. The summed E-state index contributed by atoms with van der Waals surface area (Å²) < 4.78 is 124. The number of hydrogen-bond donors (Lipinski definition) is 4. The number of aromatic nitrogens is 8. The van der Waals surface area contributed by atoms with E-state index in [4.69, 9.17) is 21.1 Å². The zero-order valence-electron chi connectivity index (χ0n) is 83.1. The van der Waals surface area contributed by atoms with Gasteiger partial charge in [0, 0.05) is 174 Å². The lowest BCUT2D eigenvalue weighted by Crippen LogP contribution is -2.44. The van der Waals surface area contributed by atoms with Crippen molar-refractivity contribution in [2.45, 2.75) is 99.3 Å². The molecule has 0 spiro atoms. The number of likely N-dealkylation sites (N-methyl/N-ethyl adjacent to an activating group) is 3. The van der Waals surface area contributed by atoms with Crippen molar-refractivity contribution in [1.82, 2.24) is 51.6 Å². The number of morpholine rings is 2. The summed E-state index contributed by atoms with van der Waals surface area (Å²) in [5.41, 5.74) is 6.55. The van der Waals surface area contributed by atoms with Gasteiger partial charge in [0.2, 0.25) is 53.1 Å². The molecular weight excluding hydrogens is 2010 g/mol. The van der Waals surface area contributed by atoms with Gasteiger partial charge in [0.25, 0.3) is 0 Å². The highest BCUT2D eigenvalue weighted by molar-refractivity contribution is 7.93. The van der Waals surface area contributed by atoms with E-state index in [2.05, 4.69) is 34.6 Å². The van der Waals surface area contributed by atoms with E-state index in [1.54, 1.807) is 36.5 Å². The molecule has 7 fully saturated rings. The highest BCUT2D eigenvalue weighted by atomic mass is 35.5. The number of pyridine rings is 4. The van der Waals surface area contributed by atoms with Gasteiger partial charge in [0.05, 0.1) is 89.7 Å². The maximum Gasteiger partial charge on any atom is 0.304 e. The first kappa shape index (κ1) is 109. The number of carbonyl (C=O) groups is 4. The average molecular weight is 2130 g/mol. The van der Waals surface area contributed by atoms with Gasteiger partial charge in [0.15, 0.2) is 68.5 Å². The molecule has 46 heteroatoms. The molecule has 8 aromatic heterocycles. The summed E-state index contributed by atoms with van der Waals surface area (Å²) in [5, 5.41) is 43.4. The zero-order valence-corrected chi connectivity index (χ0v) is 87.1. The summed E-state index contributed by atoms with van der Waals surface area (Å²) in [7, 11) is -7.84. The third kappa shape index (κ3) is 23.8. The highest BCUT2D eigenvalue weighted by Gasteiger charge is 2.40. The van der Waals surface area contributed by atoms with Gasteiger partial charge in [0.1, 0.15) is 0 Å². The van der Waals surface area contributed by atoms with Crippen LogP contribution in [0.2, 0.25) is 5.02 Å². The number of hydrogen-bond acceptors (Lipinski definition) is 32. The number of fused-ring (bicyclic) bond motifs is 4. The van der Waals surface area contributed by atoms with Crippen LogP contribution >= 0.6 is 11.6 Å². The number of benzene rings is 4. The molecule has 0 amide bonds. The monoisotopic (exact) mass is 2130 g/mol. The fraction of sp³-hybridized carbons (Fsp3) is 0.412. The van der Waals surface area contributed by atoms with Crippen LogP contribution in [0.3, 0.4) is 0 Å². The Morgan fingerprint density at radius 2 is 0.689 bits per heavy atom. The molecule has 0 unspecified atom stereocenters. The predicted molar refractivity (Wildman–Crippen MR) is 569 cm³/mol. The van der Waals surface area contributed by atoms with Crippen molar-refractivity contribution in [3.8, 4) is 23.0 Å². The first-order valence-electron chi connectivity index (χ1n) is 48.3. The Bertz CT molecular complexity index is 7870. The lowest BCUT2D eigenvalue weighted by Gasteiger charge is -2.34. The minimum atomic E-state index is -3.84. The van der Waals surface area contributed by atoms with E-state index in [1.807, 2.05) is 141 Å². The van der Waals surface area contributed by atoms with Gasteiger partial charge in [-0.1, -0.05) is 121 Å². The zero-order chi connectivity index (χ0) is 105. The Kier molecular flexibility index (Phi) is 33.3. The number of Topliss-reactive ketones (excluding diaryl/α,β-unsaturated/α-hetero) is 4. The summed E-state index contributed by atoms with van der Waals surface area (Å²) >= 11 is 6.08. The van der Waals surface area contributed by atoms with Gasteiger partial charge >= 0.3 is 32.4 Å². The maximum atomic E-state index is 13.4. The van der Waals surface area contributed by atoms with E-state index in [-0.39, 0.29) is 139 Å². The summed E-state index contributed by atoms with van der Waals surface area (Å²) in [6.45, 7) is 19.0. The Morgan fingerprint density at radius 3 is 0.993 bits per heavy atom. The van der Waals surface area contributed by atoms with Crippen LogP contribution in [0.15, 0.2) is 159 Å². The molecule has 4 N–H and O–H groups in total. The van der Waals surface area contributed by atoms with Crippen molar-refractivity contribution < 1.29 is 82.7 Å². The predicted octanol–water partition coefficient (Wildman–Crippen LogP) is 8.03. The number of sulfonamides is 3. The van der Waals surface area contributed by atoms with Crippen LogP contribution in [0.4, 0.5) is 45.5 Å². The smallest absolute Gasteiger partial charge is 0.304 e. The Labute approximate surface area is 862 Å². The second-order valence-electron chi connectivity index (χ2n) is 37.7. The Hall–Kier alpha value is -13.5. The maximum absolute atomic E-state index is 13.4. The molecule has 41 nitrogen and oxygen atoms in total. The molecule has 15 heterocycles. The molecule has 19 rings (SSSR count). The van der Waals surface area contributed by atoms with E-state index in [0.29, 0.717) is 145 Å². The van der Waals surface area contributed by atoms with E-state index >= 15 is 0 Å². The van der Waals surface area contributed by atoms with Crippen LogP contribution in [0, 0.1) is 27.7 Å². The summed E-state index contributed by atoms with van der Waals surface area (Å²) in [5.74, 6) is -5.00. The first-order valence-corrected chi connectivity index (χ1v) is 55.2. The van der Waals surface area contributed by atoms with Gasteiger partial charge in [-0.15, -0.1) is 0 Å². The Balaban J connectivity index is 0.000000147. The van der Waals surface area contributed by atoms with E-state index < -0.39 is 109 Å². The topological polar surface area (TPSA) is 477 Å². The SMILES string of the molecule is C.Cc1cc(CCC(=O)c2nc3c(N4CCCS4(=O)=O)cc(N4CCOCC4)cn3c(=O)c2O)ccc1Cl.Cc1ccc(CCC(=O)c2nc3c(N(C)S(C)(=O)=O)cc(N4CCN(C)CC4)cn3c(=O)c2O)cc1.Cc1ccc(CCC(=O)c2nc3c(N4CCCS4(=O)=O)cc(N4CCOCC4)cn3c(=O)c2O)cc1.Cc1ccc(CCC(=O)c2nc3c(N4CCN(C)S4(=O)=O)cc(N4CCN(C)CC4)cn3c(=O)c2O)cc1. The number of anilines is 8. The van der Waals surface area contributed by atoms with Gasteiger partial charge in [-0.25, -0.2) is 45.2 Å². The number of halogens is 1. The number of ether oxygens (including phenoxy) is 2. The van der Waals surface area contributed by atoms with Crippen LogP contribution in [0.1, 0.15) is 132 Å². The largest absolute Gasteiger partial charge is 0.501 e. The first-order chi connectivity index (χ1) is 69.9. The van der Waals surface area contributed by atoms with Crippen LogP contribution in [-0.2, 0) is 75.4 Å². The summed E-state index contributed by atoms with van der Waals surface area (Å²) in [6, 6.07) is 35.4. The molecule has 7 saturated heterocycles. The van der Waals surface area contributed by atoms with Crippen molar-refractivity contribution >= 4 is 143 Å². The van der Waals surface area contributed by atoms with Crippen LogP contribution in [0.5, 0.6) is 23.0 Å². The summed E-state index contributed by atoms with van der Waals surface area (Å²) in [6.07, 6.45) is 9.82. The third-order valence-electron chi connectivity index (χ3n) is 27.3. The minimum absolute atomic E-state index is 0. The van der Waals surface area contributed by atoms with Crippen molar-refractivity contribution in [2.24, 2.45) is 0 Å². The molecule has 7 aliphatic rings. The van der Waals surface area contributed by atoms with Gasteiger partial charge < -0.3 is 59.3 Å². The molecule has 0 atom stereocenters. The number of aryl methyl sites for hydroxylation is 8. The number of rotatable bonds is 25. The number of piperazine rings is 2. The minimum Gasteiger partial charge on any atom is -0.501 e. The number of ketones is 4. The molecular formula is C102H122ClN19O22S4.